The second-order valence-electron chi connectivity index (χ2n) is 5.47. The minimum Gasteiger partial charge on any atom is -0.384 e. The Hall–Kier alpha value is -1.69. The minimum atomic E-state index is -3.64. The summed E-state index contributed by atoms with van der Waals surface area (Å²) in [5.41, 5.74) is 0.356. The van der Waals surface area contributed by atoms with Crippen LogP contribution in [0.5, 0.6) is 0 Å². The molecule has 0 heterocycles. The highest BCUT2D eigenvalue weighted by atomic mass is 32.2. The van der Waals surface area contributed by atoms with E-state index in [9.17, 15) is 13.5 Å². The zero-order chi connectivity index (χ0) is 16.2. The average Bonchev–Trinajstić information content (AvgIpc) is 2.54. The molecule has 118 valence electrons. The van der Waals surface area contributed by atoms with Gasteiger partial charge < -0.3 is 5.11 Å². The van der Waals surface area contributed by atoms with Gasteiger partial charge in [-0.15, -0.1) is 0 Å². The van der Waals surface area contributed by atoms with Crippen molar-refractivity contribution < 1.29 is 13.5 Å². The lowest BCUT2D eigenvalue weighted by atomic mass is 9.97. The third-order valence-corrected chi connectivity index (χ3v) is 5.02. The van der Waals surface area contributed by atoms with Crippen molar-refractivity contribution in [3.8, 4) is 0 Å². The van der Waals surface area contributed by atoms with E-state index in [0.29, 0.717) is 5.56 Å². The first-order chi connectivity index (χ1) is 10.3. The van der Waals surface area contributed by atoms with Crippen LogP contribution in [0.3, 0.4) is 0 Å². The van der Waals surface area contributed by atoms with Crippen LogP contribution in [0.25, 0.3) is 0 Å². The molecule has 0 aliphatic carbocycles. The number of rotatable bonds is 6. The Morgan fingerprint density at radius 1 is 1.09 bits per heavy atom. The first kappa shape index (κ1) is 16.7. The summed E-state index contributed by atoms with van der Waals surface area (Å²) in [4.78, 5) is 0.218. The van der Waals surface area contributed by atoms with Gasteiger partial charge in [0.25, 0.3) is 0 Å². The van der Waals surface area contributed by atoms with E-state index in [-0.39, 0.29) is 11.4 Å². The second-order valence-corrected chi connectivity index (χ2v) is 7.23. The molecule has 2 aromatic carbocycles. The molecular formula is C17H21NO3S. The summed E-state index contributed by atoms with van der Waals surface area (Å²) in [6, 6.07) is 15.8. The van der Waals surface area contributed by atoms with Crippen LogP contribution in [-0.2, 0) is 22.0 Å². The molecule has 2 aromatic rings. The Balaban J connectivity index is 2.15. The van der Waals surface area contributed by atoms with Gasteiger partial charge in [0.05, 0.1) is 4.90 Å². The molecule has 0 saturated heterocycles. The summed E-state index contributed by atoms with van der Waals surface area (Å²) < 4.78 is 27.2. The summed E-state index contributed by atoms with van der Waals surface area (Å²) in [7, 11) is -3.64. The van der Waals surface area contributed by atoms with Crippen molar-refractivity contribution >= 4 is 10.0 Å². The molecule has 22 heavy (non-hydrogen) atoms. The Morgan fingerprint density at radius 3 is 2.41 bits per heavy atom. The quantitative estimate of drug-likeness (QED) is 0.859. The molecule has 2 N–H and O–H groups in total. The molecule has 0 aliphatic heterocycles. The van der Waals surface area contributed by atoms with Gasteiger partial charge in [0.1, 0.15) is 5.60 Å². The lowest BCUT2D eigenvalue weighted by Crippen LogP contribution is -2.38. The predicted molar refractivity (Wildman–Crippen MR) is 87.0 cm³/mol. The number of nitrogens with one attached hydrogen (secondary N) is 1. The predicted octanol–water partition coefficient (Wildman–Crippen LogP) is 2.44. The SMILES string of the molecule is CCc1cccc(S(=O)(=O)NCC(C)(O)c2ccccc2)c1. The first-order valence-corrected chi connectivity index (χ1v) is 8.70. The van der Waals surface area contributed by atoms with Crippen molar-refractivity contribution in [3.05, 3.63) is 65.7 Å². The van der Waals surface area contributed by atoms with E-state index in [4.69, 9.17) is 0 Å². The first-order valence-electron chi connectivity index (χ1n) is 7.22. The van der Waals surface area contributed by atoms with E-state index in [1.165, 1.54) is 0 Å². The van der Waals surface area contributed by atoms with E-state index in [0.717, 1.165) is 12.0 Å². The summed E-state index contributed by atoms with van der Waals surface area (Å²) in [6.45, 7) is 3.47. The van der Waals surface area contributed by atoms with Crippen LogP contribution in [0.2, 0.25) is 0 Å². The maximum Gasteiger partial charge on any atom is 0.240 e. The molecule has 0 amide bonds. The number of hydrogen-bond donors (Lipinski definition) is 2. The summed E-state index contributed by atoms with van der Waals surface area (Å²) >= 11 is 0. The minimum absolute atomic E-state index is 0.0876. The highest BCUT2D eigenvalue weighted by Gasteiger charge is 2.26. The summed E-state index contributed by atoms with van der Waals surface area (Å²) in [5, 5.41) is 10.5. The van der Waals surface area contributed by atoms with Crippen LogP contribution >= 0.6 is 0 Å². The average molecular weight is 319 g/mol. The standard InChI is InChI=1S/C17H21NO3S/c1-3-14-8-7-11-16(12-14)22(20,21)18-13-17(2,19)15-9-5-4-6-10-15/h4-12,18-19H,3,13H2,1-2H3. The molecule has 1 atom stereocenters. The summed E-state index contributed by atoms with van der Waals surface area (Å²) in [6.07, 6.45) is 0.769. The van der Waals surface area contributed by atoms with Crippen molar-refractivity contribution in [3.63, 3.8) is 0 Å². The van der Waals surface area contributed by atoms with Gasteiger partial charge in [-0.05, 0) is 36.6 Å². The fraction of sp³-hybridized carbons (Fsp3) is 0.294. The van der Waals surface area contributed by atoms with Gasteiger partial charge >= 0.3 is 0 Å². The molecule has 0 saturated carbocycles. The molecule has 0 bridgehead atoms. The summed E-state index contributed by atoms with van der Waals surface area (Å²) in [5.74, 6) is 0. The van der Waals surface area contributed by atoms with Crippen LogP contribution in [0.1, 0.15) is 25.0 Å². The van der Waals surface area contributed by atoms with E-state index < -0.39 is 15.6 Å². The van der Waals surface area contributed by atoms with Gasteiger partial charge in [-0.3, -0.25) is 0 Å². The number of aryl methyl sites for hydroxylation is 1. The van der Waals surface area contributed by atoms with Crippen molar-refractivity contribution in [1.29, 1.82) is 0 Å². The largest absolute Gasteiger partial charge is 0.384 e. The van der Waals surface area contributed by atoms with E-state index in [1.54, 1.807) is 37.3 Å². The van der Waals surface area contributed by atoms with Gasteiger partial charge in [-0.25, -0.2) is 13.1 Å². The molecule has 0 fully saturated rings. The van der Waals surface area contributed by atoms with Crippen molar-refractivity contribution in [2.24, 2.45) is 0 Å². The molecular weight excluding hydrogens is 298 g/mol. The van der Waals surface area contributed by atoms with Crippen LogP contribution in [0.4, 0.5) is 0 Å². The van der Waals surface area contributed by atoms with Gasteiger partial charge in [0.15, 0.2) is 0 Å². The number of benzene rings is 2. The van der Waals surface area contributed by atoms with Gasteiger partial charge in [-0.2, -0.15) is 0 Å². The fourth-order valence-corrected chi connectivity index (χ4v) is 3.35. The molecule has 0 radical (unpaired) electrons. The topological polar surface area (TPSA) is 66.4 Å². The Bertz CT molecular complexity index is 725. The second kappa shape index (κ2) is 6.60. The van der Waals surface area contributed by atoms with Crippen molar-refractivity contribution in [2.45, 2.75) is 30.8 Å². The number of hydrogen-bond acceptors (Lipinski definition) is 3. The zero-order valence-corrected chi connectivity index (χ0v) is 13.6. The monoisotopic (exact) mass is 319 g/mol. The molecule has 5 heteroatoms. The van der Waals surface area contributed by atoms with Crippen molar-refractivity contribution in [2.75, 3.05) is 6.54 Å². The van der Waals surface area contributed by atoms with Gasteiger partial charge in [0.2, 0.25) is 10.0 Å². The van der Waals surface area contributed by atoms with Crippen LogP contribution in [0, 0.1) is 0 Å². The highest BCUT2D eigenvalue weighted by molar-refractivity contribution is 7.89. The molecule has 2 rings (SSSR count). The Labute approximate surface area is 131 Å². The maximum absolute atomic E-state index is 12.4. The zero-order valence-electron chi connectivity index (χ0n) is 12.8. The molecule has 0 spiro atoms. The third-order valence-electron chi connectivity index (χ3n) is 3.62. The van der Waals surface area contributed by atoms with Crippen LogP contribution in [-0.4, -0.2) is 20.1 Å². The number of aliphatic hydroxyl groups is 1. The van der Waals surface area contributed by atoms with E-state index in [2.05, 4.69) is 4.72 Å². The van der Waals surface area contributed by atoms with Crippen LogP contribution < -0.4 is 4.72 Å². The smallest absolute Gasteiger partial charge is 0.240 e. The number of sulfonamides is 1. The molecule has 0 aliphatic rings. The van der Waals surface area contributed by atoms with Crippen LogP contribution in [0.15, 0.2) is 59.5 Å². The fourth-order valence-electron chi connectivity index (χ4n) is 2.15. The Kier molecular flexibility index (Phi) is 5.01. The van der Waals surface area contributed by atoms with Crippen molar-refractivity contribution in [1.82, 2.24) is 4.72 Å². The van der Waals surface area contributed by atoms with Gasteiger partial charge in [0, 0.05) is 6.54 Å². The lowest BCUT2D eigenvalue weighted by Gasteiger charge is -2.24. The molecule has 1 unspecified atom stereocenters. The molecule has 4 nitrogen and oxygen atoms in total. The lowest BCUT2D eigenvalue weighted by molar-refractivity contribution is 0.0627. The van der Waals surface area contributed by atoms with Gasteiger partial charge in [-0.1, -0.05) is 49.4 Å². The maximum atomic E-state index is 12.4. The van der Waals surface area contributed by atoms with E-state index >= 15 is 0 Å². The normalized spacial score (nSPS) is 14.5. The third kappa shape index (κ3) is 3.94. The Morgan fingerprint density at radius 2 is 1.77 bits per heavy atom. The highest BCUT2D eigenvalue weighted by Crippen LogP contribution is 2.20. The van der Waals surface area contributed by atoms with E-state index in [1.807, 2.05) is 31.2 Å². The molecule has 0 aromatic heterocycles.